The molecule has 1 amide bonds. The number of piperazine rings is 1. The highest BCUT2D eigenvalue weighted by atomic mass is 32.2. The normalized spacial score (nSPS) is 16.2. The standard InChI is InChI=1S/C19H20N2O3S/c22-19(12-11-17-7-3-1-4-8-17)20-13-15-21(16-14-20)25(23,24)18-9-5-2-6-10-18/h1-12H,13-16H2/b12-11+. The summed E-state index contributed by atoms with van der Waals surface area (Å²) in [4.78, 5) is 14.2. The summed E-state index contributed by atoms with van der Waals surface area (Å²) in [6.07, 6.45) is 3.31. The fraction of sp³-hybridized carbons (Fsp3) is 0.211. The molecule has 2 aromatic carbocycles. The van der Waals surface area contributed by atoms with Crippen molar-refractivity contribution >= 4 is 22.0 Å². The fourth-order valence-corrected chi connectivity index (χ4v) is 4.17. The van der Waals surface area contributed by atoms with Gasteiger partial charge in [0.1, 0.15) is 0 Å². The molecule has 3 rings (SSSR count). The van der Waals surface area contributed by atoms with Gasteiger partial charge in [-0.15, -0.1) is 0 Å². The summed E-state index contributed by atoms with van der Waals surface area (Å²) >= 11 is 0. The van der Waals surface area contributed by atoms with Crippen LogP contribution in [0.5, 0.6) is 0 Å². The first kappa shape index (κ1) is 17.4. The maximum atomic E-state index is 12.6. The lowest BCUT2D eigenvalue weighted by Gasteiger charge is -2.33. The number of carbonyl (C=O) groups excluding carboxylic acids is 1. The molecule has 1 heterocycles. The van der Waals surface area contributed by atoms with Crippen LogP contribution < -0.4 is 0 Å². The van der Waals surface area contributed by atoms with E-state index in [0.717, 1.165) is 5.56 Å². The van der Waals surface area contributed by atoms with Crippen LogP contribution in [0, 0.1) is 0 Å². The van der Waals surface area contributed by atoms with E-state index in [1.807, 2.05) is 30.3 Å². The Morgan fingerprint density at radius 1 is 0.840 bits per heavy atom. The molecule has 0 spiro atoms. The van der Waals surface area contributed by atoms with Crippen molar-refractivity contribution in [3.05, 3.63) is 72.3 Å². The van der Waals surface area contributed by atoms with E-state index in [9.17, 15) is 13.2 Å². The molecule has 1 aliphatic heterocycles. The Labute approximate surface area is 148 Å². The molecule has 1 aliphatic rings. The minimum Gasteiger partial charge on any atom is -0.337 e. The van der Waals surface area contributed by atoms with E-state index < -0.39 is 10.0 Å². The van der Waals surface area contributed by atoms with Gasteiger partial charge in [-0.2, -0.15) is 4.31 Å². The van der Waals surface area contributed by atoms with Crippen LogP contribution in [0.25, 0.3) is 6.08 Å². The number of carbonyl (C=O) groups is 1. The summed E-state index contributed by atoms with van der Waals surface area (Å²) in [6, 6.07) is 18.0. The lowest BCUT2D eigenvalue weighted by atomic mass is 10.2. The van der Waals surface area contributed by atoms with Crippen LogP contribution in [0.2, 0.25) is 0 Å². The number of amides is 1. The summed E-state index contributed by atoms with van der Waals surface area (Å²) < 4.78 is 26.6. The first-order valence-electron chi connectivity index (χ1n) is 8.14. The average molecular weight is 356 g/mol. The molecule has 130 valence electrons. The van der Waals surface area contributed by atoms with E-state index >= 15 is 0 Å². The Bertz CT molecular complexity index is 841. The van der Waals surface area contributed by atoms with Crippen molar-refractivity contribution in [3.63, 3.8) is 0 Å². The zero-order valence-electron chi connectivity index (χ0n) is 13.8. The molecular formula is C19H20N2O3S. The van der Waals surface area contributed by atoms with Crippen molar-refractivity contribution in [1.82, 2.24) is 9.21 Å². The van der Waals surface area contributed by atoms with Gasteiger partial charge in [-0.1, -0.05) is 48.5 Å². The predicted molar refractivity (Wildman–Crippen MR) is 97.3 cm³/mol. The van der Waals surface area contributed by atoms with Gasteiger partial charge in [-0.05, 0) is 23.8 Å². The molecule has 0 unspecified atom stereocenters. The van der Waals surface area contributed by atoms with Crippen LogP contribution in [0.4, 0.5) is 0 Å². The summed E-state index contributed by atoms with van der Waals surface area (Å²) in [7, 11) is -3.49. The highest BCUT2D eigenvalue weighted by Crippen LogP contribution is 2.17. The molecule has 0 radical (unpaired) electrons. The second-order valence-electron chi connectivity index (χ2n) is 5.79. The van der Waals surface area contributed by atoms with Gasteiger partial charge in [-0.3, -0.25) is 4.79 Å². The zero-order valence-corrected chi connectivity index (χ0v) is 14.6. The molecule has 0 bridgehead atoms. The number of rotatable bonds is 4. The molecule has 25 heavy (non-hydrogen) atoms. The topological polar surface area (TPSA) is 57.7 Å². The molecule has 0 N–H and O–H groups in total. The second-order valence-corrected chi connectivity index (χ2v) is 7.72. The average Bonchev–Trinajstić information content (AvgIpc) is 2.68. The summed E-state index contributed by atoms with van der Waals surface area (Å²) in [5.74, 6) is -0.0967. The molecule has 0 aliphatic carbocycles. The Hall–Kier alpha value is -2.44. The molecule has 0 aromatic heterocycles. The number of nitrogens with zero attached hydrogens (tertiary/aromatic N) is 2. The van der Waals surface area contributed by atoms with Gasteiger partial charge < -0.3 is 4.90 Å². The summed E-state index contributed by atoms with van der Waals surface area (Å²) in [5, 5.41) is 0. The monoisotopic (exact) mass is 356 g/mol. The van der Waals surface area contributed by atoms with E-state index in [-0.39, 0.29) is 5.91 Å². The van der Waals surface area contributed by atoms with Gasteiger partial charge in [0.15, 0.2) is 0 Å². The van der Waals surface area contributed by atoms with E-state index in [0.29, 0.717) is 31.1 Å². The van der Waals surface area contributed by atoms with Gasteiger partial charge in [0.05, 0.1) is 4.90 Å². The third kappa shape index (κ3) is 4.15. The van der Waals surface area contributed by atoms with Crippen LogP contribution in [0.15, 0.2) is 71.6 Å². The smallest absolute Gasteiger partial charge is 0.246 e. The van der Waals surface area contributed by atoms with E-state index in [2.05, 4.69) is 0 Å². The molecule has 0 atom stereocenters. The Balaban J connectivity index is 1.60. The van der Waals surface area contributed by atoms with E-state index in [4.69, 9.17) is 0 Å². The van der Waals surface area contributed by atoms with Gasteiger partial charge in [0.2, 0.25) is 15.9 Å². The first-order chi connectivity index (χ1) is 12.1. The lowest BCUT2D eigenvalue weighted by Crippen LogP contribution is -2.50. The lowest BCUT2D eigenvalue weighted by molar-refractivity contribution is -0.127. The molecule has 5 nitrogen and oxygen atoms in total. The minimum atomic E-state index is -3.49. The fourth-order valence-electron chi connectivity index (χ4n) is 2.73. The van der Waals surface area contributed by atoms with Gasteiger partial charge in [0, 0.05) is 32.3 Å². The van der Waals surface area contributed by atoms with Crippen molar-refractivity contribution in [2.75, 3.05) is 26.2 Å². The van der Waals surface area contributed by atoms with Gasteiger partial charge >= 0.3 is 0 Å². The molecule has 1 saturated heterocycles. The number of sulfonamides is 1. The Kier molecular flexibility index (Phi) is 5.31. The van der Waals surface area contributed by atoms with Crippen molar-refractivity contribution in [3.8, 4) is 0 Å². The molecule has 6 heteroatoms. The Morgan fingerprint density at radius 2 is 1.40 bits per heavy atom. The van der Waals surface area contributed by atoms with Crippen LogP contribution in [-0.4, -0.2) is 49.7 Å². The van der Waals surface area contributed by atoms with E-state index in [1.54, 1.807) is 41.3 Å². The van der Waals surface area contributed by atoms with Crippen molar-refractivity contribution in [2.45, 2.75) is 4.90 Å². The highest BCUT2D eigenvalue weighted by Gasteiger charge is 2.29. The molecular weight excluding hydrogens is 336 g/mol. The van der Waals surface area contributed by atoms with Crippen LogP contribution in [0.3, 0.4) is 0 Å². The SMILES string of the molecule is O=C(/C=C/c1ccccc1)N1CCN(S(=O)(=O)c2ccccc2)CC1. The van der Waals surface area contributed by atoms with Crippen molar-refractivity contribution in [2.24, 2.45) is 0 Å². The molecule has 1 fully saturated rings. The van der Waals surface area contributed by atoms with Crippen molar-refractivity contribution in [1.29, 1.82) is 0 Å². The largest absolute Gasteiger partial charge is 0.337 e. The van der Waals surface area contributed by atoms with Gasteiger partial charge in [-0.25, -0.2) is 8.42 Å². The number of hydrogen-bond donors (Lipinski definition) is 0. The predicted octanol–water partition coefficient (Wildman–Crippen LogP) is 2.23. The first-order valence-corrected chi connectivity index (χ1v) is 9.58. The third-order valence-electron chi connectivity index (χ3n) is 4.15. The minimum absolute atomic E-state index is 0.0967. The summed E-state index contributed by atoms with van der Waals surface area (Å²) in [6.45, 7) is 1.40. The highest BCUT2D eigenvalue weighted by molar-refractivity contribution is 7.89. The molecule has 2 aromatic rings. The quantitative estimate of drug-likeness (QED) is 0.790. The van der Waals surface area contributed by atoms with Crippen LogP contribution in [-0.2, 0) is 14.8 Å². The van der Waals surface area contributed by atoms with E-state index in [1.165, 1.54) is 10.4 Å². The van der Waals surface area contributed by atoms with Crippen LogP contribution >= 0.6 is 0 Å². The third-order valence-corrected chi connectivity index (χ3v) is 6.06. The van der Waals surface area contributed by atoms with Crippen LogP contribution in [0.1, 0.15) is 5.56 Å². The number of benzene rings is 2. The number of hydrogen-bond acceptors (Lipinski definition) is 3. The second kappa shape index (κ2) is 7.63. The molecule has 0 saturated carbocycles. The maximum Gasteiger partial charge on any atom is 0.246 e. The van der Waals surface area contributed by atoms with Crippen molar-refractivity contribution < 1.29 is 13.2 Å². The Morgan fingerprint density at radius 3 is 2.00 bits per heavy atom. The summed E-state index contributed by atoms with van der Waals surface area (Å²) in [5.41, 5.74) is 0.959. The van der Waals surface area contributed by atoms with Gasteiger partial charge in [0.25, 0.3) is 0 Å². The zero-order chi connectivity index (χ0) is 17.7. The maximum absolute atomic E-state index is 12.6.